The van der Waals surface area contributed by atoms with Gasteiger partial charge in [0, 0.05) is 43.2 Å². The summed E-state index contributed by atoms with van der Waals surface area (Å²) < 4.78 is 2.91. The van der Waals surface area contributed by atoms with Gasteiger partial charge in [-0.2, -0.15) is 0 Å². The second-order valence-corrected chi connectivity index (χ2v) is 33.1. The number of fused-ring (bicyclic) bond motifs is 10. The third-order valence-corrected chi connectivity index (χ3v) is 23.1. The summed E-state index contributed by atoms with van der Waals surface area (Å²) in [7, 11) is 0. The van der Waals surface area contributed by atoms with E-state index >= 15 is 0 Å². The van der Waals surface area contributed by atoms with Gasteiger partial charge in [-0.3, -0.25) is 0 Å². The molecule has 13 rings (SSSR count). The molecule has 2 aliphatic heterocycles. The Morgan fingerprint density at radius 1 is 0.410 bits per heavy atom. The number of thiophene rings is 1. The molecule has 0 N–H and O–H groups in total. The number of rotatable bonds is 3. The molecule has 6 aliphatic rings. The Kier molecular flexibility index (Phi) is 11.0. The van der Waals surface area contributed by atoms with Gasteiger partial charge < -0.3 is 9.80 Å². The minimum Gasteiger partial charge on any atom is -0.311 e. The van der Waals surface area contributed by atoms with E-state index in [4.69, 9.17) is 0 Å². The van der Waals surface area contributed by atoms with E-state index in [1.165, 1.54) is 160 Å². The highest BCUT2D eigenvalue weighted by Crippen LogP contribution is 2.58. The predicted molar refractivity (Wildman–Crippen MR) is 341 cm³/mol. The van der Waals surface area contributed by atoms with Crippen LogP contribution in [-0.2, 0) is 48.7 Å². The first-order valence-corrected chi connectivity index (χ1v) is 31.0. The quantitative estimate of drug-likeness (QED) is 0.163. The van der Waals surface area contributed by atoms with Crippen LogP contribution in [0.5, 0.6) is 0 Å². The van der Waals surface area contributed by atoms with Crippen molar-refractivity contribution < 1.29 is 0 Å². The molecule has 4 heteroatoms. The fraction of sp³-hybridized carbons (Fsp3) is 0.486. The summed E-state index contributed by atoms with van der Waals surface area (Å²) in [6.45, 7) is 47.5. The molecule has 3 heterocycles. The first-order valence-electron chi connectivity index (χ1n) is 30.2. The van der Waals surface area contributed by atoms with Gasteiger partial charge in [-0.05, 0) is 221 Å². The largest absolute Gasteiger partial charge is 0.311 e. The topological polar surface area (TPSA) is 6.48 Å². The van der Waals surface area contributed by atoms with Crippen molar-refractivity contribution in [2.45, 2.75) is 232 Å². The first kappa shape index (κ1) is 52.3. The predicted octanol–water partition coefficient (Wildman–Crippen LogP) is 19.3. The Hall–Kier alpha value is -5.06. The van der Waals surface area contributed by atoms with E-state index in [9.17, 15) is 0 Å². The van der Waals surface area contributed by atoms with Crippen molar-refractivity contribution in [2.24, 2.45) is 0 Å². The Bertz CT molecular complexity index is 3690. The van der Waals surface area contributed by atoms with Crippen molar-refractivity contribution >= 4 is 78.0 Å². The average Bonchev–Trinajstić information content (AvgIpc) is 3.96. The van der Waals surface area contributed by atoms with E-state index in [0.29, 0.717) is 0 Å². The summed E-state index contributed by atoms with van der Waals surface area (Å²) in [4.78, 5) is 5.65. The maximum absolute atomic E-state index is 2.83. The van der Waals surface area contributed by atoms with Crippen LogP contribution in [0.2, 0.25) is 0 Å². The Labute approximate surface area is 474 Å². The van der Waals surface area contributed by atoms with Gasteiger partial charge in [0.25, 0.3) is 6.71 Å². The number of nitrogens with zero attached hydrogens (tertiary/aromatic N) is 2. The fourth-order valence-electron chi connectivity index (χ4n) is 15.9. The molecule has 0 unspecified atom stereocenters. The Morgan fingerprint density at radius 3 is 1.37 bits per heavy atom. The highest BCUT2D eigenvalue weighted by Gasteiger charge is 2.51. The lowest BCUT2D eigenvalue weighted by Crippen LogP contribution is -2.61. The van der Waals surface area contributed by atoms with Crippen molar-refractivity contribution in [3.05, 3.63) is 147 Å². The molecule has 0 amide bonds. The molecule has 1 aromatic heterocycles. The average molecular weight is 1050 g/mol. The van der Waals surface area contributed by atoms with E-state index in [-0.39, 0.29) is 55.4 Å². The van der Waals surface area contributed by atoms with Crippen molar-refractivity contribution in [1.82, 2.24) is 0 Å². The molecule has 0 saturated carbocycles. The lowest BCUT2D eigenvalue weighted by Gasteiger charge is -2.48. The lowest BCUT2D eigenvalue weighted by atomic mass is 9.35. The summed E-state index contributed by atoms with van der Waals surface area (Å²) in [6.07, 6.45) is 9.46. The normalized spacial score (nSPS) is 21.9. The van der Waals surface area contributed by atoms with Gasteiger partial charge in [0.1, 0.15) is 0 Å². The van der Waals surface area contributed by atoms with Crippen molar-refractivity contribution in [3.63, 3.8) is 0 Å². The molecular formula is C74H89BN2S. The molecule has 6 aromatic carbocycles. The maximum Gasteiger partial charge on any atom is 0.264 e. The van der Waals surface area contributed by atoms with Crippen LogP contribution in [-0.4, -0.2) is 6.71 Å². The summed E-state index contributed by atoms with van der Waals surface area (Å²) in [6, 6.07) is 40.7. The number of benzene rings is 6. The molecule has 0 bridgehead atoms. The van der Waals surface area contributed by atoms with Crippen LogP contribution >= 0.6 is 11.3 Å². The standard InChI is InChI=1S/C74H89BN2S/c1-66(2,3)45-35-60-63-61(36-45)77(58-41-54-51(69(8,9)29-32-72(54,14)15)38-47(58)44-23-21-20-22-24-44)59-42-55-53(71(12,13)31-33-73(55,16)17)40-57(59)75(63)65-64(48-39-52-56(43-62(48)78-65)74(18,19)34-30-70(52,10)11)76(60)46-25-26-49-50(37-46)68(6,7)28-27-67(49,4)5/h20-26,35-43H,27-34H2,1-19H3. The molecule has 0 saturated heterocycles. The minimum absolute atomic E-state index is 0.0182. The summed E-state index contributed by atoms with van der Waals surface area (Å²) >= 11 is 2.10. The summed E-state index contributed by atoms with van der Waals surface area (Å²) in [5.41, 5.74) is 27.4. The zero-order chi connectivity index (χ0) is 55.6. The first-order chi connectivity index (χ1) is 36.2. The van der Waals surface area contributed by atoms with Crippen LogP contribution in [0.1, 0.15) is 233 Å². The number of hydrogen-bond donors (Lipinski definition) is 0. The van der Waals surface area contributed by atoms with Crippen LogP contribution in [0.25, 0.3) is 21.2 Å². The van der Waals surface area contributed by atoms with E-state index in [2.05, 4.69) is 250 Å². The number of anilines is 6. The smallest absolute Gasteiger partial charge is 0.264 e. The van der Waals surface area contributed by atoms with Gasteiger partial charge in [-0.15, -0.1) is 11.3 Å². The Balaban J connectivity index is 1.22. The lowest BCUT2D eigenvalue weighted by molar-refractivity contribution is 0.332. The van der Waals surface area contributed by atoms with E-state index in [0.717, 1.165) is 6.42 Å². The molecular weight excluding hydrogens is 960 g/mol. The molecule has 0 spiro atoms. The van der Waals surface area contributed by atoms with Gasteiger partial charge in [-0.25, -0.2) is 0 Å². The van der Waals surface area contributed by atoms with Crippen molar-refractivity contribution in [1.29, 1.82) is 0 Å². The third kappa shape index (κ3) is 7.58. The third-order valence-electron chi connectivity index (χ3n) is 21.9. The monoisotopic (exact) mass is 1050 g/mol. The van der Waals surface area contributed by atoms with Gasteiger partial charge in [0.05, 0.1) is 11.4 Å². The van der Waals surface area contributed by atoms with Crippen LogP contribution in [0, 0.1) is 0 Å². The zero-order valence-electron chi connectivity index (χ0n) is 51.3. The van der Waals surface area contributed by atoms with Crippen LogP contribution < -0.4 is 25.5 Å². The molecule has 0 fully saturated rings. The second-order valence-electron chi connectivity index (χ2n) is 32.0. The maximum atomic E-state index is 2.83. The summed E-state index contributed by atoms with van der Waals surface area (Å²) in [5.74, 6) is 0. The molecule has 4 aliphatic carbocycles. The van der Waals surface area contributed by atoms with Crippen LogP contribution in [0.4, 0.5) is 34.1 Å². The Morgan fingerprint density at radius 2 is 0.846 bits per heavy atom. The van der Waals surface area contributed by atoms with E-state index in [1.54, 1.807) is 5.56 Å². The summed E-state index contributed by atoms with van der Waals surface area (Å²) in [5, 5.41) is 1.42. The molecule has 0 radical (unpaired) electrons. The SMILES string of the molecule is CC(C)(C)c1cc2c3c(c1)N(c1ccc4c(c1)C(C)(C)CCC4(C)C)c1c(sc4cc5c(cc14)C(C)(C)CCC5(C)C)B3c1cc3c(cc1N2c1cc2c(cc1-c1ccccc1)C(C)(C)CCC2(C)C)C(C)(C)CCC3(C)C. The number of hydrogen-bond acceptors (Lipinski definition) is 3. The molecule has 7 aromatic rings. The highest BCUT2D eigenvalue weighted by atomic mass is 32.1. The van der Waals surface area contributed by atoms with Gasteiger partial charge in [0.15, 0.2) is 0 Å². The van der Waals surface area contributed by atoms with E-state index in [1.807, 2.05) is 0 Å². The minimum atomic E-state index is -0.141. The van der Waals surface area contributed by atoms with Crippen molar-refractivity contribution in [3.8, 4) is 11.1 Å². The van der Waals surface area contributed by atoms with Gasteiger partial charge in [0.2, 0.25) is 0 Å². The van der Waals surface area contributed by atoms with E-state index < -0.39 is 0 Å². The van der Waals surface area contributed by atoms with Crippen molar-refractivity contribution in [2.75, 3.05) is 9.80 Å². The molecule has 78 heavy (non-hydrogen) atoms. The molecule has 0 atom stereocenters. The molecule has 404 valence electrons. The van der Waals surface area contributed by atoms with Crippen LogP contribution in [0.15, 0.2) is 97.1 Å². The van der Waals surface area contributed by atoms with Crippen LogP contribution in [0.3, 0.4) is 0 Å². The zero-order valence-corrected chi connectivity index (χ0v) is 52.1. The highest BCUT2D eigenvalue weighted by molar-refractivity contribution is 7.33. The molecule has 2 nitrogen and oxygen atoms in total. The van der Waals surface area contributed by atoms with Gasteiger partial charge >= 0.3 is 0 Å². The second kappa shape index (κ2) is 16.3. The van der Waals surface area contributed by atoms with Gasteiger partial charge in [-0.1, -0.05) is 174 Å². The fourth-order valence-corrected chi connectivity index (χ4v) is 17.3.